The molecule has 0 unspecified atom stereocenters. The lowest BCUT2D eigenvalue weighted by atomic mass is 10.0. The first-order chi connectivity index (χ1) is 11.1. The summed E-state index contributed by atoms with van der Waals surface area (Å²) in [6.45, 7) is 0.742. The first kappa shape index (κ1) is 16.3. The number of carbonyl (C=O) groups is 1. The number of piperidine rings is 1. The standard InChI is InChI=1S/C17H24N2O3S/c20-17-8-4-5-13-19(17)15-11-9-14(10-12-15)18-23(21,22)16-6-2-1-3-7-16/h9-12,16,18H,1-8,13H2. The van der Waals surface area contributed by atoms with Gasteiger partial charge in [0, 0.05) is 24.3 Å². The summed E-state index contributed by atoms with van der Waals surface area (Å²) in [5.41, 5.74) is 1.42. The summed E-state index contributed by atoms with van der Waals surface area (Å²) >= 11 is 0. The Balaban J connectivity index is 1.68. The largest absolute Gasteiger partial charge is 0.312 e. The molecule has 1 saturated heterocycles. The molecule has 126 valence electrons. The van der Waals surface area contributed by atoms with Crippen molar-refractivity contribution in [2.75, 3.05) is 16.2 Å². The zero-order valence-corrected chi connectivity index (χ0v) is 14.1. The fourth-order valence-electron chi connectivity index (χ4n) is 3.41. The van der Waals surface area contributed by atoms with Crippen LogP contribution in [0.2, 0.25) is 0 Å². The van der Waals surface area contributed by atoms with Crippen LogP contribution in [0.25, 0.3) is 0 Å². The molecule has 1 aromatic carbocycles. The van der Waals surface area contributed by atoms with Gasteiger partial charge in [-0.05, 0) is 49.9 Å². The second kappa shape index (κ2) is 6.91. The lowest BCUT2D eigenvalue weighted by Crippen LogP contribution is -2.35. The maximum absolute atomic E-state index is 12.4. The van der Waals surface area contributed by atoms with Crippen LogP contribution in [0, 0.1) is 0 Å². The van der Waals surface area contributed by atoms with E-state index in [4.69, 9.17) is 0 Å². The first-order valence-electron chi connectivity index (χ1n) is 8.48. The average Bonchev–Trinajstić information content (AvgIpc) is 2.57. The van der Waals surface area contributed by atoms with Gasteiger partial charge < -0.3 is 4.90 Å². The molecule has 5 nitrogen and oxygen atoms in total. The van der Waals surface area contributed by atoms with Crippen molar-refractivity contribution in [3.05, 3.63) is 24.3 Å². The molecule has 1 aliphatic heterocycles. The summed E-state index contributed by atoms with van der Waals surface area (Å²) in [5.74, 6) is 0.145. The van der Waals surface area contributed by atoms with Crippen LogP contribution in [0.15, 0.2) is 24.3 Å². The van der Waals surface area contributed by atoms with Gasteiger partial charge in [-0.1, -0.05) is 19.3 Å². The molecule has 6 heteroatoms. The minimum atomic E-state index is -3.32. The Morgan fingerprint density at radius 1 is 0.957 bits per heavy atom. The number of nitrogens with one attached hydrogen (secondary N) is 1. The number of benzene rings is 1. The molecule has 1 saturated carbocycles. The van der Waals surface area contributed by atoms with Crippen molar-refractivity contribution in [1.82, 2.24) is 0 Å². The van der Waals surface area contributed by atoms with E-state index in [1.54, 1.807) is 17.0 Å². The fraction of sp³-hybridized carbons (Fsp3) is 0.588. The highest BCUT2D eigenvalue weighted by molar-refractivity contribution is 7.93. The minimum absolute atomic E-state index is 0.145. The van der Waals surface area contributed by atoms with Crippen LogP contribution in [0.1, 0.15) is 51.4 Å². The number of amides is 1. The summed E-state index contributed by atoms with van der Waals surface area (Å²) in [6, 6.07) is 7.14. The molecule has 0 spiro atoms. The molecule has 0 radical (unpaired) electrons. The van der Waals surface area contributed by atoms with Gasteiger partial charge in [-0.3, -0.25) is 9.52 Å². The van der Waals surface area contributed by atoms with Crippen molar-refractivity contribution in [1.29, 1.82) is 0 Å². The normalized spacial score (nSPS) is 20.5. The predicted octanol–water partition coefficient (Wildman–Crippen LogP) is 3.28. The van der Waals surface area contributed by atoms with Crippen LogP contribution < -0.4 is 9.62 Å². The zero-order chi connectivity index (χ0) is 16.3. The molecular weight excluding hydrogens is 312 g/mol. The molecule has 1 aliphatic carbocycles. The van der Waals surface area contributed by atoms with Crippen molar-refractivity contribution in [3.63, 3.8) is 0 Å². The van der Waals surface area contributed by atoms with Crippen LogP contribution in [-0.2, 0) is 14.8 Å². The third-order valence-corrected chi connectivity index (χ3v) is 6.62. The molecule has 1 amide bonds. The van der Waals surface area contributed by atoms with Crippen molar-refractivity contribution >= 4 is 27.3 Å². The highest BCUT2D eigenvalue weighted by Gasteiger charge is 2.27. The number of carbonyl (C=O) groups excluding carboxylic acids is 1. The number of hydrogen-bond donors (Lipinski definition) is 1. The van der Waals surface area contributed by atoms with Gasteiger partial charge in [-0.2, -0.15) is 0 Å². The van der Waals surface area contributed by atoms with Crippen LogP contribution in [0.5, 0.6) is 0 Å². The SMILES string of the molecule is O=C1CCCCN1c1ccc(NS(=O)(=O)C2CCCCC2)cc1. The highest BCUT2D eigenvalue weighted by atomic mass is 32.2. The van der Waals surface area contributed by atoms with E-state index in [1.165, 1.54) is 0 Å². The van der Waals surface area contributed by atoms with Crippen LogP contribution in [0.4, 0.5) is 11.4 Å². The molecule has 1 N–H and O–H groups in total. The number of nitrogens with zero attached hydrogens (tertiary/aromatic N) is 1. The van der Waals surface area contributed by atoms with E-state index in [0.29, 0.717) is 12.1 Å². The number of sulfonamides is 1. The van der Waals surface area contributed by atoms with Gasteiger partial charge >= 0.3 is 0 Å². The van der Waals surface area contributed by atoms with Gasteiger partial charge in [-0.25, -0.2) is 8.42 Å². The van der Waals surface area contributed by atoms with Gasteiger partial charge in [0.15, 0.2) is 0 Å². The first-order valence-corrected chi connectivity index (χ1v) is 10.0. The molecular formula is C17H24N2O3S. The second-order valence-corrected chi connectivity index (χ2v) is 8.42. The molecule has 0 aromatic heterocycles. The monoisotopic (exact) mass is 336 g/mol. The van der Waals surface area contributed by atoms with Gasteiger partial charge in [0.05, 0.1) is 5.25 Å². The Labute approximate surface area is 138 Å². The van der Waals surface area contributed by atoms with Crippen molar-refractivity contribution < 1.29 is 13.2 Å². The Morgan fingerprint density at radius 3 is 2.30 bits per heavy atom. The molecule has 1 heterocycles. The Hall–Kier alpha value is -1.56. The van der Waals surface area contributed by atoms with E-state index in [9.17, 15) is 13.2 Å². The highest BCUT2D eigenvalue weighted by Crippen LogP contribution is 2.27. The Morgan fingerprint density at radius 2 is 1.65 bits per heavy atom. The molecule has 0 bridgehead atoms. The third-order valence-electron chi connectivity index (χ3n) is 4.75. The van der Waals surface area contributed by atoms with E-state index < -0.39 is 10.0 Å². The Kier molecular flexibility index (Phi) is 4.90. The minimum Gasteiger partial charge on any atom is -0.312 e. The third kappa shape index (κ3) is 3.86. The zero-order valence-electron chi connectivity index (χ0n) is 13.3. The quantitative estimate of drug-likeness (QED) is 0.917. The van der Waals surface area contributed by atoms with Crippen LogP contribution in [0.3, 0.4) is 0 Å². The van der Waals surface area contributed by atoms with Crippen molar-refractivity contribution in [2.24, 2.45) is 0 Å². The summed E-state index contributed by atoms with van der Waals surface area (Å²) in [7, 11) is -3.32. The maximum atomic E-state index is 12.4. The maximum Gasteiger partial charge on any atom is 0.235 e. The van der Waals surface area contributed by atoms with Gasteiger partial charge in [-0.15, -0.1) is 0 Å². The molecule has 23 heavy (non-hydrogen) atoms. The number of hydrogen-bond acceptors (Lipinski definition) is 3. The van der Waals surface area contributed by atoms with E-state index in [1.807, 2.05) is 12.1 Å². The van der Waals surface area contributed by atoms with Gasteiger partial charge in [0.2, 0.25) is 15.9 Å². The Bertz CT molecular complexity index is 649. The van der Waals surface area contributed by atoms with Crippen molar-refractivity contribution in [3.8, 4) is 0 Å². The summed E-state index contributed by atoms with van der Waals surface area (Å²) in [5, 5.41) is -0.278. The van der Waals surface area contributed by atoms with Crippen molar-refractivity contribution in [2.45, 2.75) is 56.6 Å². The lowest BCUT2D eigenvalue weighted by Gasteiger charge is -2.27. The molecule has 0 atom stereocenters. The number of rotatable bonds is 4. The lowest BCUT2D eigenvalue weighted by molar-refractivity contribution is -0.119. The van der Waals surface area contributed by atoms with Gasteiger partial charge in [0.1, 0.15) is 0 Å². The van der Waals surface area contributed by atoms with E-state index in [-0.39, 0.29) is 11.2 Å². The summed E-state index contributed by atoms with van der Waals surface area (Å²) < 4.78 is 27.5. The topological polar surface area (TPSA) is 66.5 Å². The van der Waals surface area contributed by atoms with E-state index >= 15 is 0 Å². The molecule has 2 fully saturated rings. The van der Waals surface area contributed by atoms with Gasteiger partial charge in [0.25, 0.3) is 0 Å². The summed E-state index contributed by atoms with van der Waals surface area (Å²) in [4.78, 5) is 13.7. The molecule has 3 rings (SSSR count). The smallest absolute Gasteiger partial charge is 0.235 e. The van der Waals surface area contributed by atoms with Crippen LogP contribution >= 0.6 is 0 Å². The summed E-state index contributed by atoms with van der Waals surface area (Å²) in [6.07, 6.45) is 7.16. The fourth-order valence-corrected chi connectivity index (χ4v) is 5.00. The molecule has 2 aliphatic rings. The van der Waals surface area contributed by atoms with E-state index in [2.05, 4.69) is 4.72 Å². The molecule has 1 aromatic rings. The second-order valence-electron chi connectivity index (χ2n) is 6.46. The van der Waals surface area contributed by atoms with E-state index in [0.717, 1.165) is 57.2 Å². The number of anilines is 2. The van der Waals surface area contributed by atoms with Crippen LogP contribution in [-0.4, -0.2) is 26.1 Å². The predicted molar refractivity (Wildman–Crippen MR) is 92.1 cm³/mol. The average molecular weight is 336 g/mol.